The molecule has 4 aromatic carbocycles. The van der Waals surface area contributed by atoms with E-state index >= 15 is 0 Å². The number of benzene rings is 4. The van der Waals surface area contributed by atoms with Gasteiger partial charge in [0, 0.05) is 67.4 Å². The van der Waals surface area contributed by atoms with Crippen molar-refractivity contribution in [3.8, 4) is 45.5 Å². The molecule has 12 rings (SSSR count). The molecule has 4 unspecified atom stereocenters. The number of imidazole rings is 1. The SMILES string of the molecule is COc1cc(-c2ccnn2-c2ccc(N3CCOCC3)cc2)cc2c1NC(=O)C21CCC(C2CC(Oc3cc(-n4ccnc4-c4ccccc4)cc4c3NC(=O)C43CCCC3)CCN2C)C1. The van der Waals surface area contributed by atoms with Crippen LogP contribution in [0.2, 0.25) is 0 Å². The van der Waals surface area contributed by atoms with Gasteiger partial charge in [0.05, 0.1) is 65.8 Å². The average molecular weight is 885 g/mol. The van der Waals surface area contributed by atoms with Crippen LogP contribution in [-0.2, 0) is 25.2 Å². The van der Waals surface area contributed by atoms with Crippen LogP contribution in [0.5, 0.6) is 11.5 Å². The lowest BCUT2D eigenvalue weighted by Gasteiger charge is -2.41. The van der Waals surface area contributed by atoms with Gasteiger partial charge < -0.3 is 34.6 Å². The summed E-state index contributed by atoms with van der Waals surface area (Å²) in [5, 5.41) is 11.4. The van der Waals surface area contributed by atoms with E-state index in [-0.39, 0.29) is 29.9 Å². The van der Waals surface area contributed by atoms with Crippen LogP contribution in [-0.4, -0.2) is 95.2 Å². The van der Waals surface area contributed by atoms with Crippen LogP contribution in [0.15, 0.2) is 104 Å². The van der Waals surface area contributed by atoms with Crippen LogP contribution >= 0.6 is 0 Å². The highest BCUT2D eigenvalue weighted by atomic mass is 16.5. The zero-order valence-electron chi connectivity index (χ0n) is 37.7. The second-order valence-electron chi connectivity index (χ2n) is 19.3. The molecule has 2 amide bonds. The smallest absolute Gasteiger partial charge is 0.235 e. The molecule has 66 heavy (non-hydrogen) atoms. The van der Waals surface area contributed by atoms with E-state index in [2.05, 4.69) is 86.6 Å². The topological polar surface area (TPSA) is 128 Å². The number of ether oxygens (including phenoxy) is 3. The monoisotopic (exact) mass is 884 g/mol. The average Bonchev–Trinajstić information content (AvgIpc) is 4.24. The Labute approximate surface area is 385 Å². The number of nitrogens with zero attached hydrogens (tertiary/aromatic N) is 6. The molecule has 2 spiro atoms. The largest absolute Gasteiger partial charge is 0.495 e. The van der Waals surface area contributed by atoms with Crippen molar-refractivity contribution >= 4 is 28.9 Å². The summed E-state index contributed by atoms with van der Waals surface area (Å²) in [5.74, 6) is 2.62. The molecule has 4 aliphatic heterocycles. The molecule has 2 N–H and O–H groups in total. The number of hydrogen-bond donors (Lipinski definition) is 2. The van der Waals surface area contributed by atoms with E-state index in [0.29, 0.717) is 5.75 Å². The summed E-state index contributed by atoms with van der Waals surface area (Å²) in [6.07, 6.45) is 13.4. The number of nitrogens with one attached hydrogen (secondary N) is 2. The zero-order valence-corrected chi connectivity index (χ0v) is 37.7. The number of likely N-dealkylation sites (tertiary alicyclic amines) is 1. The molecule has 2 aromatic heterocycles. The fourth-order valence-corrected chi connectivity index (χ4v) is 12.4. The maximum atomic E-state index is 14.4. The van der Waals surface area contributed by atoms with Crippen LogP contribution in [0, 0.1) is 5.92 Å². The van der Waals surface area contributed by atoms with Gasteiger partial charge in [-0.25, -0.2) is 9.67 Å². The Bertz CT molecular complexity index is 2830. The molecule has 338 valence electrons. The zero-order chi connectivity index (χ0) is 44.6. The van der Waals surface area contributed by atoms with Crippen molar-refractivity contribution in [2.24, 2.45) is 5.92 Å². The summed E-state index contributed by atoms with van der Waals surface area (Å²) in [5.41, 5.74) is 8.39. The van der Waals surface area contributed by atoms with E-state index in [4.69, 9.17) is 24.3 Å². The molecule has 2 saturated carbocycles. The quantitative estimate of drug-likeness (QED) is 0.147. The number of piperidine rings is 1. The number of amides is 2. The summed E-state index contributed by atoms with van der Waals surface area (Å²) in [4.78, 5) is 37.9. The van der Waals surface area contributed by atoms with Crippen molar-refractivity contribution in [1.82, 2.24) is 24.2 Å². The lowest BCUT2D eigenvalue weighted by molar-refractivity contribution is -0.121. The Balaban J connectivity index is 0.828. The van der Waals surface area contributed by atoms with Gasteiger partial charge in [-0.3, -0.25) is 14.2 Å². The van der Waals surface area contributed by atoms with E-state index in [0.717, 1.165) is 153 Å². The molecule has 0 bridgehead atoms. The molecule has 13 nitrogen and oxygen atoms in total. The van der Waals surface area contributed by atoms with Crippen molar-refractivity contribution in [2.45, 2.75) is 80.8 Å². The van der Waals surface area contributed by atoms with Gasteiger partial charge >= 0.3 is 0 Å². The molecule has 4 fully saturated rings. The van der Waals surface area contributed by atoms with E-state index < -0.39 is 10.8 Å². The molecular formula is C53H56N8O5. The Hall–Kier alpha value is -6.44. The molecule has 2 aliphatic carbocycles. The van der Waals surface area contributed by atoms with Crippen molar-refractivity contribution in [3.63, 3.8) is 0 Å². The van der Waals surface area contributed by atoms with Gasteiger partial charge in [-0.05, 0) is 111 Å². The van der Waals surface area contributed by atoms with Crippen molar-refractivity contribution in [3.05, 3.63) is 115 Å². The maximum absolute atomic E-state index is 14.4. The van der Waals surface area contributed by atoms with E-state index in [1.807, 2.05) is 53.6 Å². The number of methoxy groups -OCH3 is 1. The number of carbonyl (C=O) groups excluding carboxylic acids is 2. The molecule has 6 aromatic rings. The molecule has 2 saturated heterocycles. The fraction of sp³-hybridized carbons (Fsp3) is 0.396. The van der Waals surface area contributed by atoms with Gasteiger partial charge in [-0.15, -0.1) is 0 Å². The number of hydrogen-bond acceptors (Lipinski definition) is 9. The van der Waals surface area contributed by atoms with Crippen LogP contribution in [0.4, 0.5) is 17.1 Å². The standard InChI is InChI=1S/C53H56N8O5/c1-58-22-16-40(66-46-31-39(60-23-21-54-49(60)34-8-4-3-5-9-34)30-42-48(46)57-50(62)52(42)17-6-7-18-52)32-44(58)35-14-19-53(33-35)41-28-36(29-45(64-2)47(41)56-51(53)63)43-15-20-55-61(43)38-12-10-37(11-13-38)59-24-26-65-27-25-59/h3-5,8-13,15,20-21,23,28-31,35,40,44H,6-7,14,16-19,22,24-27,32-33H2,1-2H3,(H,56,63)(H,57,62). The predicted octanol–water partition coefficient (Wildman–Crippen LogP) is 8.53. The first-order valence-electron chi connectivity index (χ1n) is 23.8. The third-order valence-corrected chi connectivity index (χ3v) is 15.9. The Kier molecular flexibility index (Phi) is 10.0. The van der Waals surface area contributed by atoms with Crippen LogP contribution in [0.1, 0.15) is 68.9 Å². The highest BCUT2D eigenvalue weighted by molar-refractivity contribution is 6.09. The molecule has 6 heterocycles. The number of carbonyl (C=O) groups is 2. The number of morpholine rings is 1. The lowest BCUT2D eigenvalue weighted by Crippen LogP contribution is -2.47. The summed E-state index contributed by atoms with van der Waals surface area (Å²) < 4.78 is 22.8. The van der Waals surface area contributed by atoms with Gasteiger partial charge in [0.1, 0.15) is 23.4 Å². The summed E-state index contributed by atoms with van der Waals surface area (Å²) >= 11 is 0. The van der Waals surface area contributed by atoms with Crippen molar-refractivity contribution in [1.29, 1.82) is 0 Å². The highest BCUT2D eigenvalue weighted by Gasteiger charge is 2.55. The third-order valence-electron chi connectivity index (χ3n) is 15.9. The van der Waals surface area contributed by atoms with Gasteiger partial charge in [-0.1, -0.05) is 43.2 Å². The summed E-state index contributed by atoms with van der Waals surface area (Å²) in [6.45, 7) is 4.10. The summed E-state index contributed by atoms with van der Waals surface area (Å²) in [7, 11) is 3.89. The van der Waals surface area contributed by atoms with Gasteiger partial charge in [-0.2, -0.15) is 5.10 Å². The summed E-state index contributed by atoms with van der Waals surface area (Å²) in [6, 6.07) is 29.5. The predicted molar refractivity (Wildman–Crippen MR) is 254 cm³/mol. The van der Waals surface area contributed by atoms with Gasteiger partial charge in [0.2, 0.25) is 11.8 Å². The molecule has 6 aliphatic rings. The first kappa shape index (κ1) is 41.0. The Morgan fingerprint density at radius 2 is 1.48 bits per heavy atom. The van der Waals surface area contributed by atoms with Gasteiger partial charge in [0.25, 0.3) is 0 Å². The first-order chi connectivity index (χ1) is 32.3. The lowest BCUT2D eigenvalue weighted by atomic mass is 9.77. The van der Waals surface area contributed by atoms with Gasteiger partial charge in [0.15, 0.2) is 0 Å². The minimum Gasteiger partial charge on any atom is -0.495 e. The fourth-order valence-electron chi connectivity index (χ4n) is 12.4. The van der Waals surface area contributed by atoms with Crippen LogP contribution in [0.25, 0.3) is 34.0 Å². The molecule has 4 atom stereocenters. The number of fused-ring (bicyclic) bond motifs is 4. The van der Waals surface area contributed by atoms with Crippen LogP contribution < -0.4 is 25.0 Å². The van der Waals surface area contributed by atoms with Crippen molar-refractivity contribution < 1.29 is 23.8 Å². The minimum atomic E-state index is -0.682. The molecule has 0 radical (unpaired) electrons. The van der Waals surface area contributed by atoms with Crippen molar-refractivity contribution in [2.75, 3.05) is 62.5 Å². The first-order valence-corrected chi connectivity index (χ1v) is 23.8. The number of rotatable bonds is 9. The van der Waals surface area contributed by atoms with E-state index in [1.54, 1.807) is 7.11 Å². The molecular weight excluding hydrogens is 829 g/mol. The van der Waals surface area contributed by atoms with Crippen LogP contribution in [0.3, 0.4) is 0 Å². The Morgan fingerprint density at radius 1 is 0.742 bits per heavy atom. The normalized spacial score (nSPS) is 24.5. The van der Waals surface area contributed by atoms with E-state index in [9.17, 15) is 9.59 Å². The maximum Gasteiger partial charge on any atom is 0.235 e. The highest BCUT2D eigenvalue weighted by Crippen LogP contribution is 2.57. The Morgan fingerprint density at radius 3 is 2.27 bits per heavy atom. The number of aromatic nitrogens is 4. The second kappa shape index (κ2) is 16.2. The minimum absolute atomic E-state index is 0.0484. The molecule has 13 heteroatoms. The third kappa shape index (κ3) is 6.64. The second-order valence-corrected chi connectivity index (χ2v) is 19.3. The van der Waals surface area contributed by atoms with E-state index in [1.165, 1.54) is 5.69 Å². The number of anilines is 3.